The number of imide groups is 2. The lowest BCUT2D eigenvalue weighted by Crippen LogP contribution is -2.44. The molecule has 1 saturated carbocycles. The normalized spacial score (nSPS) is 22.9. The van der Waals surface area contributed by atoms with Gasteiger partial charge in [-0.05, 0) is 25.0 Å². The van der Waals surface area contributed by atoms with Crippen LogP contribution < -0.4 is 0 Å². The highest BCUT2D eigenvalue weighted by molar-refractivity contribution is 8.76. The summed E-state index contributed by atoms with van der Waals surface area (Å²) in [7, 11) is 2.27. The quantitative estimate of drug-likeness (QED) is 0.172. The summed E-state index contributed by atoms with van der Waals surface area (Å²) in [6.07, 6.45) is -0.227. The molecule has 0 bridgehead atoms. The Balaban J connectivity index is 1.44. The van der Waals surface area contributed by atoms with E-state index in [-0.39, 0.29) is 48.8 Å². The molecular formula is C22H20N4O12S2. The number of carbonyl (C=O) groups is 6. The van der Waals surface area contributed by atoms with Gasteiger partial charge in [0.1, 0.15) is 11.5 Å². The highest BCUT2D eigenvalue weighted by Gasteiger charge is 2.46. The van der Waals surface area contributed by atoms with Crippen LogP contribution in [0.5, 0.6) is 0 Å². The van der Waals surface area contributed by atoms with E-state index in [1.807, 2.05) is 0 Å². The molecule has 0 N–H and O–H groups in total. The van der Waals surface area contributed by atoms with Gasteiger partial charge in [-0.2, -0.15) is 0 Å². The number of rotatable bonds is 9. The van der Waals surface area contributed by atoms with Gasteiger partial charge in [0.25, 0.3) is 29.3 Å². The number of nitrogens with zero attached hydrogens (tertiary/aromatic N) is 4. The molecule has 0 spiro atoms. The lowest BCUT2D eigenvalue weighted by Gasteiger charge is -2.29. The van der Waals surface area contributed by atoms with Crippen LogP contribution in [0.4, 0.5) is 5.69 Å². The van der Waals surface area contributed by atoms with Gasteiger partial charge in [0, 0.05) is 53.2 Å². The fraction of sp³-hybridized carbons (Fsp3) is 0.455. The lowest BCUT2D eigenvalue weighted by atomic mass is 9.84. The van der Waals surface area contributed by atoms with Crippen LogP contribution in [0.1, 0.15) is 55.3 Å². The van der Waals surface area contributed by atoms with Crippen molar-refractivity contribution in [1.29, 1.82) is 0 Å². The second-order valence-electron chi connectivity index (χ2n) is 8.96. The molecular weight excluding hydrogens is 576 g/mol. The average Bonchev–Trinajstić information content (AvgIpc) is 3.41. The summed E-state index contributed by atoms with van der Waals surface area (Å²) < 4.78 is 0. The topological polar surface area (TPSA) is 214 Å². The first-order chi connectivity index (χ1) is 19.0. The van der Waals surface area contributed by atoms with Crippen molar-refractivity contribution in [3.05, 3.63) is 44.0 Å². The first-order valence-corrected chi connectivity index (χ1v) is 14.1. The van der Waals surface area contributed by atoms with Crippen LogP contribution in [0.15, 0.2) is 23.1 Å². The smallest absolute Gasteiger partial charge is 0.330 e. The molecule has 2 aliphatic heterocycles. The van der Waals surface area contributed by atoms with Crippen LogP contribution in [0.3, 0.4) is 0 Å². The van der Waals surface area contributed by atoms with E-state index in [9.17, 15) is 49.0 Å². The third-order valence-electron chi connectivity index (χ3n) is 6.37. The molecule has 4 rings (SSSR count). The maximum absolute atomic E-state index is 12.7. The highest BCUT2D eigenvalue weighted by Crippen LogP contribution is 2.43. The zero-order valence-corrected chi connectivity index (χ0v) is 22.1. The van der Waals surface area contributed by atoms with Crippen LogP contribution in [0, 0.1) is 26.1 Å². The molecule has 2 saturated heterocycles. The zero-order chi connectivity index (χ0) is 29.1. The first kappa shape index (κ1) is 28.9. The van der Waals surface area contributed by atoms with Gasteiger partial charge in [0.2, 0.25) is 6.04 Å². The number of hydrogen-bond donors (Lipinski definition) is 0. The van der Waals surface area contributed by atoms with Crippen LogP contribution in [0.2, 0.25) is 0 Å². The minimum absolute atomic E-state index is 0.0145. The van der Waals surface area contributed by atoms with Gasteiger partial charge in [-0.3, -0.25) is 39.4 Å². The van der Waals surface area contributed by atoms with E-state index in [1.54, 1.807) is 0 Å². The molecule has 3 atom stereocenters. The molecule has 0 aromatic heterocycles. The number of hydroxylamine groups is 4. The number of amides is 4. The van der Waals surface area contributed by atoms with Crippen LogP contribution in [-0.2, 0) is 33.6 Å². The molecule has 3 fully saturated rings. The number of hydrogen-bond acceptors (Lipinski definition) is 14. The Hall–Kier alpha value is -4.06. The van der Waals surface area contributed by atoms with E-state index in [2.05, 4.69) is 0 Å². The molecule has 2 heterocycles. The molecule has 3 aliphatic rings. The van der Waals surface area contributed by atoms with Crippen molar-refractivity contribution in [1.82, 2.24) is 10.1 Å². The Morgan fingerprint density at radius 2 is 1.45 bits per heavy atom. The highest BCUT2D eigenvalue weighted by atomic mass is 33.1. The zero-order valence-electron chi connectivity index (χ0n) is 20.4. The van der Waals surface area contributed by atoms with Crippen molar-refractivity contribution in [2.45, 2.75) is 61.1 Å². The second-order valence-corrected chi connectivity index (χ2v) is 11.5. The van der Waals surface area contributed by atoms with Crippen molar-refractivity contribution < 1.29 is 48.3 Å². The summed E-state index contributed by atoms with van der Waals surface area (Å²) in [5, 5.41) is 23.3. The van der Waals surface area contributed by atoms with Gasteiger partial charge in [-0.15, -0.1) is 10.1 Å². The predicted octanol–water partition coefficient (Wildman–Crippen LogP) is 1.98. The third-order valence-corrected chi connectivity index (χ3v) is 9.30. The lowest BCUT2D eigenvalue weighted by molar-refractivity contribution is -0.533. The fourth-order valence-electron chi connectivity index (χ4n) is 4.33. The summed E-state index contributed by atoms with van der Waals surface area (Å²) in [5.74, 6) is -6.49. The maximum atomic E-state index is 12.7. The monoisotopic (exact) mass is 596 g/mol. The Morgan fingerprint density at radius 3 is 2.00 bits per heavy atom. The largest absolute Gasteiger partial charge is 0.370 e. The summed E-state index contributed by atoms with van der Waals surface area (Å²) >= 11 is 0. The Morgan fingerprint density at radius 1 is 0.875 bits per heavy atom. The number of benzene rings is 1. The molecule has 3 unspecified atom stereocenters. The van der Waals surface area contributed by atoms with Crippen molar-refractivity contribution in [2.24, 2.45) is 5.92 Å². The van der Waals surface area contributed by atoms with Crippen molar-refractivity contribution >= 4 is 62.8 Å². The maximum Gasteiger partial charge on any atom is 0.370 e. The van der Waals surface area contributed by atoms with Gasteiger partial charge in [-0.1, -0.05) is 21.6 Å². The fourth-order valence-corrected chi connectivity index (χ4v) is 6.96. The molecule has 0 radical (unpaired) electrons. The minimum Gasteiger partial charge on any atom is -0.330 e. The number of carbonyl (C=O) groups excluding carboxylic acids is 6. The van der Waals surface area contributed by atoms with Crippen molar-refractivity contribution in [2.75, 3.05) is 0 Å². The number of nitro groups is 2. The van der Waals surface area contributed by atoms with E-state index in [0.717, 1.165) is 22.9 Å². The van der Waals surface area contributed by atoms with Crippen LogP contribution in [-0.4, -0.2) is 66.8 Å². The molecule has 18 heteroatoms. The molecule has 16 nitrogen and oxygen atoms in total. The summed E-state index contributed by atoms with van der Waals surface area (Å²) in [6.45, 7) is 0. The van der Waals surface area contributed by atoms with Crippen molar-refractivity contribution in [3.8, 4) is 0 Å². The van der Waals surface area contributed by atoms with Crippen LogP contribution >= 0.6 is 21.6 Å². The summed E-state index contributed by atoms with van der Waals surface area (Å²) in [6, 6.07) is 2.29. The van der Waals surface area contributed by atoms with Crippen molar-refractivity contribution in [3.63, 3.8) is 0 Å². The first-order valence-electron chi connectivity index (χ1n) is 11.9. The van der Waals surface area contributed by atoms with E-state index < -0.39 is 68.6 Å². The Bertz CT molecular complexity index is 1290. The number of nitro benzene ring substituents is 1. The van der Waals surface area contributed by atoms with E-state index in [0.29, 0.717) is 16.4 Å². The van der Waals surface area contributed by atoms with Gasteiger partial charge < -0.3 is 9.68 Å². The molecule has 1 aromatic rings. The van der Waals surface area contributed by atoms with Gasteiger partial charge >= 0.3 is 11.9 Å². The second kappa shape index (κ2) is 12.0. The van der Waals surface area contributed by atoms with Gasteiger partial charge in [0.05, 0.1) is 4.92 Å². The Labute approximate surface area is 232 Å². The molecule has 40 heavy (non-hydrogen) atoms. The van der Waals surface area contributed by atoms with E-state index in [1.165, 1.54) is 16.9 Å². The average molecular weight is 597 g/mol. The predicted molar refractivity (Wildman–Crippen MR) is 132 cm³/mol. The molecule has 1 aliphatic carbocycles. The summed E-state index contributed by atoms with van der Waals surface area (Å²) in [5.41, 5.74) is -1.11. The third kappa shape index (κ3) is 6.22. The van der Waals surface area contributed by atoms with E-state index in [4.69, 9.17) is 9.68 Å². The van der Waals surface area contributed by atoms with Crippen LogP contribution in [0.25, 0.3) is 0 Å². The molecule has 1 aromatic carbocycles. The van der Waals surface area contributed by atoms with Gasteiger partial charge in [0.15, 0.2) is 0 Å². The summed E-state index contributed by atoms with van der Waals surface area (Å²) in [4.78, 5) is 104. The molecule has 4 amide bonds. The SMILES string of the molecule is O=C(ON1C(=O)CCC1=O)c1cc(SSC2CCC([N+](=O)[O-])C(C(=O)ON3C(=O)CCC3=O)C2)ccc1[N+](=O)[O-]. The molecule has 212 valence electrons. The Kier molecular flexibility index (Phi) is 8.67. The van der Waals surface area contributed by atoms with Gasteiger partial charge in [-0.25, -0.2) is 9.59 Å². The standard InChI is InChI=1S/C22H20N4O12S2/c27-17-5-6-18(28)23(17)37-21(31)13-9-11(1-3-15(13)25(33)34)39-40-12-2-4-16(26(35)36)14(10-12)22(32)38-24-19(29)7-8-20(24)30/h1,3,9,12,14,16H,2,4-8,10H2. The minimum atomic E-state index is -1.28. The van der Waals surface area contributed by atoms with E-state index >= 15 is 0 Å².